The average Bonchev–Trinajstić information content (AvgIpc) is 3.24. The number of likely N-dealkylation sites (tertiary alicyclic amines) is 1. The molecule has 2 heterocycles. The molecule has 1 amide bonds. The number of ether oxygens (including phenoxy) is 1. The molecule has 2 aromatic carbocycles. The molecular formula is C21H20ClN3O3. The molecule has 0 N–H and O–H groups in total. The maximum Gasteiger partial charge on any atom is 0.253 e. The Morgan fingerprint density at radius 2 is 1.93 bits per heavy atom. The van der Waals surface area contributed by atoms with Gasteiger partial charge in [0.05, 0.1) is 13.0 Å². The van der Waals surface area contributed by atoms with Gasteiger partial charge in [-0.2, -0.15) is 4.98 Å². The zero-order chi connectivity index (χ0) is 19.5. The van der Waals surface area contributed by atoms with Crippen molar-refractivity contribution >= 4 is 17.5 Å². The van der Waals surface area contributed by atoms with Crippen LogP contribution in [0.2, 0.25) is 5.02 Å². The summed E-state index contributed by atoms with van der Waals surface area (Å²) in [4.78, 5) is 19.2. The molecule has 0 unspecified atom stereocenters. The lowest BCUT2D eigenvalue weighted by molar-refractivity contribution is 0.0695. The van der Waals surface area contributed by atoms with Crippen LogP contribution in [0.15, 0.2) is 53.1 Å². The Morgan fingerprint density at radius 1 is 1.18 bits per heavy atom. The van der Waals surface area contributed by atoms with Gasteiger partial charge in [0, 0.05) is 29.2 Å². The molecular weight excluding hydrogens is 378 g/mol. The minimum atomic E-state index is 0.00444. The molecule has 1 aromatic heterocycles. The lowest BCUT2D eigenvalue weighted by atomic mass is 9.97. The molecule has 7 heteroatoms. The Morgan fingerprint density at radius 3 is 2.64 bits per heavy atom. The van der Waals surface area contributed by atoms with Crippen LogP contribution in [0.3, 0.4) is 0 Å². The van der Waals surface area contributed by atoms with Gasteiger partial charge in [-0.15, -0.1) is 0 Å². The molecule has 0 bridgehead atoms. The molecule has 28 heavy (non-hydrogen) atoms. The van der Waals surface area contributed by atoms with Gasteiger partial charge in [0.2, 0.25) is 11.7 Å². The first-order valence-electron chi connectivity index (χ1n) is 9.17. The SMILES string of the molecule is COc1ccc(C(=O)N2CCC[C@H](c3nc(-c4ccc(Cl)cc4)no3)C2)cc1. The fraction of sp³-hybridized carbons (Fsp3) is 0.286. The molecule has 0 aliphatic carbocycles. The van der Waals surface area contributed by atoms with E-state index in [-0.39, 0.29) is 11.8 Å². The van der Waals surface area contributed by atoms with Crippen LogP contribution >= 0.6 is 11.6 Å². The van der Waals surface area contributed by atoms with E-state index in [0.717, 1.165) is 30.7 Å². The fourth-order valence-electron chi connectivity index (χ4n) is 3.40. The van der Waals surface area contributed by atoms with Gasteiger partial charge in [0.1, 0.15) is 5.75 Å². The van der Waals surface area contributed by atoms with Gasteiger partial charge < -0.3 is 14.2 Å². The summed E-state index contributed by atoms with van der Waals surface area (Å²) in [5.74, 6) is 1.87. The molecule has 144 valence electrons. The van der Waals surface area contributed by atoms with E-state index in [9.17, 15) is 4.79 Å². The third kappa shape index (κ3) is 3.87. The van der Waals surface area contributed by atoms with Crippen molar-refractivity contribution in [2.75, 3.05) is 20.2 Å². The molecule has 0 spiro atoms. The van der Waals surface area contributed by atoms with Crippen molar-refractivity contribution in [3.05, 3.63) is 65.0 Å². The van der Waals surface area contributed by atoms with Crippen LogP contribution in [0.25, 0.3) is 11.4 Å². The highest BCUT2D eigenvalue weighted by Gasteiger charge is 2.29. The highest BCUT2D eigenvalue weighted by atomic mass is 35.5. The van der Waals surface area contributed by atoms with Crippen LogP contribution in [-0.2, 0) is 0 Å². The Balaban J connectivity index is 1.47. The number of aromatic nitrogens is 2. The third-order valence-corrected chi connectivity index (χ3v) is 5.19. The number of halogens is 1. The number of benzene rings is 2. The highest BCUT2D eigenvalue weighted by Crippen LogP contribution is 2.29. The van der Waals surface area contributed by atoms with Crippen LogP contribution < -0.4 is 4.74 Å². The van der Waals surface area contributed by atoms with Gasteiger partial charge in [-0.05, 0) is 61.4 Å². The van der Waals surface area contributed by atoms with Gasteiger partial charge >= 0.3 is 0 Å². The number of hydrogen-bond donors (Lipinski definition) is 0. The van der Waals surface area contributed by atoms with Crippen molar-refractivity contribution in [1.82, 2.24) is 15.0 Å². The summed E-state index contributed by atoms with van der Waals surface area (Å²) >= 11 is 5.93. The molecule has 4 rings (SSSR count). The van der Waals surface area contributed by atoms with Crippen molar-refractivity contribution in [3.63, 3.8) is 0 Å². The fourth-order valence-corrected chi connectivity index (χ4v) is 3.52. The van der Waals surface area contributed by atoms with Gasteiger partial charge in [-0.25, -0.2) is 0 Å². The first-order valence-corrected chi connectivity index (χ1v) is 9.54. The van der Waals surface area contributed by atoms with E-state index in [0.29, 0.717) is 28.8 Å². The van der Waals surface area contributed by atoms with Crippen LogP contribution in [0, 0.1) is 0 Å². The molecule has 1 aliphatic heterocycles. The monoisotopic (exact) mass is 397 g/mol. The minimum Gasteiger partial charge on any atom is -0.497 e. The molecule has 1 atom stereocenters. The lowest BCUT2D eigenvalue weighted by Crippen LogP contribution is -2.39. The lowest BCUT2D eigenvalue weighted by Gasteiger charge is -2.31. The zero-order valence-electron chi connectivity index (χ0n) is 15.5. The number of methoxy groups -OCH3 is 1. The average molecular weight is 398 g/mol. The van der Waals surface area contributed by atoms with E-state index in [2.05, 4.69) is 10.1 Å². The molecule has 6 nitrogen and oxygen atoms in total. The van der Waals surface area contributed by atoms with E-state index in [4.69, 9.17) is 20.9 Å². The zero-order valence-corrected chi connectivity index (χ0v) is 16.2. The Kier molecular flexibility index (Phi) is 5.30. The van der Waals surface area contributed by atoms with Crippen LogP contribution in [0.5, 0.6) is 5.75 Å². The van der Waals surface area contributed by atoms with Crippen LogP contribution in [-0.4, -0.2) is 41.1 Å². The summed E-state index contributed by atoms with van der Waals surface area (Å²) in [6.45, 7) is 1.28. The number of carbonyl (C=O) groups is 1. The molecule has 1 fully saturated rings. The molecule has 0 saturated carbocycles. The second-order valence-corrected chi connectivity index (χ2v) is 7.22. The van der Waals surface area contributed by atoms with Crippen molar-refractivity contribution in [2.45, 2.75) is 18.8 Å². The number of rotatable bonds is 4. The smallest absolute Gasteiger partial charge is 0.253 e. The van der Waals surface area contributed by atoms with E-state index in [1.54, 1.807) is 43.5 Å². The first kappa shape index (κ1) is 18.5. The van der Waals surface area contributed by atoms with E-state index in [1.807, 2.05) is 17.0 Å². The van der Waals surface area contributed by atoms with Gasteiger partial charge in [-0.3, -0.25) is 4.79 Å². The summed E-state index contributed by atoms with van der Waals surface area (Å²) in [7, 11) is 1.61. The highest BCUT2D eigenvalue weighted by molar-refractivity contribution is 6.30. The van der Waals surface area contributed by atoms with Gasteiger partial charge in [-0.1, -0.05) is 16.8 Å². The summed E-state index contributed by atoms with van der Waals surface area (Å²) in [5.41, 5.74) is 1.50. The number of hydrogen-bond acceptors (Lipinski definition) is 5. The minimum absolute atomic E-state index is 0.00444. The second-order valence-electron chi connectivity index (χ2n) is 6.78. The van der Waals surface area contributed by atoms with Crippen molar-refractivity contribution in [1.29, 1.82) is 0 Å². The van der Waals surface area contributed by atoms with E-state index >= 15 is 0 Å². The van der Waals surface area contributed by atoms with Gasteiger partial charge in [0.15, 0.2) is 0 Å². The summed E-state index contributed by atoms with van der Waals surface area (Å²) in [6.07, 6.45) is 1.81. The van der Waals surface area contributed by atoms with E-state index in [1.165, 1.54) is 0 Å². The maximum absolute atomic E-state index is 12.8. The van der Waals surface area contributed by atoms with Crippen molar-refractivity contribution < 1.29 is 14.1 Å². The molecule has 1 saturated heterocycles. The first-order chi connectivity index (χ1) is 13.6. The summed E-state index contributed by atoms with van der Waals surface area (Å²) in [6, 6.07) is 14.5. The number of nitrogens with zero attached hydrogens (tertiary/aromatic N) is 3. The number of amides is 1. The predicted octanol–water partition coefficient (Wildman–Crippen LogP) is 4.42. The third-order valence-electron chi connectivity index (χ3n) is 4.94. The normalized spacial score (nSPS) is 16.8. The topological polar surface area (TPSA) is 68.5 Å². The Labute approximate surface area is 168 Å². The molecule has 0 radical (unpaired) electrons. The van der Waals surface area contributed by atoms with Crippen LogP contribution in [0.1, 0.15) is 35.0 Å². The maximum atomic E-state index is 12.8. The largest absolute Gasteiger partial charge is 0.497 e. The standard InChI is InChI=1S/C21H20ClN3O3/c1-27-18-10-6-15(7-11-18)21(26)25-12-2-3-16(13-25)20-23-19(24-28-20)14-4-8-17(22)9-5-14/h4-11,16H,2-3,12-13H2,1H3/t16-/m0/s1. The molecule has 1 aliphatic rings. The predicted molar refractivity (Wildman–Crippen MR) is 106 cm³/mol. The quantitative estimate of drug-likeness (QED) is 0.651. The summed E-state index contributed by atoms with van der Waals surface area (Å²) < 4.78 is 10.7. The van der Waals surface area contributed by atoms with Crippen molar-refractivity contribution in [3.8, 4) is 17.1 Å². The second kappa shape index (κ2) is 8.02. The number of carbonyl (C=O) groups excluding carboxylic acids is 1. The van der Waals surface area contributed by atoms with Crippen molar-refractivity contribution in [2.24, 2.45) is 0 Å². The van der Waals surface area contributed by atoms with Crippen LogP contribution in [0.4, 0.5) is 0 Å². The molecule has 3 aromatic rings. The van der Waals surface area contributed by atoms with E-state index < -0.39 is 0 Å². The summed E-state index contributed by atoms with van der Waals surface area (Å²) in [5, 5.41) is 4.75. The van der Waals surface area contributed by atoms with Gasteiger partial charge in [0.25, 0.3) is 5.91 Å². The Hall–Kier alpha value is -2.86. The Bertz CT molecular complexity index is 954. The number of piperidine rings is 1.